The first-order valence-electron chi connectivity index (χ1n) is 11.0. The average Bonchev–Trinajstić information content (AvgIpc) is 2.84. The molecule has 0 atom stereocenters. The molecule has 0 fully saturated rings. The molecule has 4 N–H and O–H groups in total. The number of anilines is 2. The van der Waals surface area contributed by atoms with Gasteiger partial charge in [-0.2, -0.15) is 0 Å². The minimum absolute atomic E-state index is 0.0967. The molecule has 0 amide bonds. The second kappa shape index (κ2) is 13.7. The van der Waals surface area contributed by atoms with Gasteiger partial charge >= 0.3 is 23.9 Å². The summed E-state index contributed by atoms with van der Waals surface area (Å²) in [5.41, 5.74) is -1.10. The lowest BCUT2D eigenvalue weighted by Crippen LogP contribution is -2.35. The first-order chi connectivity index (χ1) is 18.8. The van der Waals surface area contributed by atoms with Crippen LogP contribution in [0.2, 0.25) is 0 Å². The van der Waals surface area contributed by atoms with E-state index in [-0.39, 0.29) is 22.9 Å². The lowest BCUT2D eigenvalue weighted by molar-refractivity contribution is -0.385. The Bertz CT molecular complexity index is 1180. The van der Waals surface area contributed by atoms with E-state index in [1.165, 1.54) is 0 Å². The largest absolute Gasteiger partial charge is 0.488 e. The Labute approximate surface area is 223 Å². The van der Waals surface area contributed by atoms with E-state index in [9.17, 15) is 39.4 Å². The topological polar surface area (TPSA) is 260 Å². The number of nitro benzene ring substituents is 2. The van der Waals surface area contributed by atoms with Gasteiger partial charge in [-0.3, -0.25) is 39.4 Å². The van der Waals surface area contributed by atoms with Gasteiger partial charge in [-0.1, -0.05) is 0 Å². The number of hydrogen-bond donors (Lipinski definition) is 4. The molecule has 2 rings (SSSR count). The number of nitro groups is 2. The monoisotopic (exact) mass is 566 g/mol. The molecule has 0 aliphatic rings. The van der Waals surface area contributed by atoms with Crippen LogP contribution in [0.4, 0.5) is 22.7 Å². The zero-order valence-electron chi connectivity index (χ0n) is 20.4. The van der Waals surface area contributed by atoms with Crippen LogP contribution in [0, 0.1) is 20.2 Å². The molecule has 2 aromatic rings. The summed E-state index contributed by atoms with van der Waals surface area (Å²) in [6.45, 7) is -3.95. The number of aliphatic carboxylic acids is 4. The minimum Gasteiger partial charge on any atom is -0.488 e. The molecule has 0 spiro atoms. The highest BCUT2D eigenvalue weighted by Gasteiger charge is 2.23. The van der Waals surface area contributed by atoms with Crippen LogP contribution in [-0.4, -0.2) is 93.5 Å². The number of nitrogens with zero attached hydrogens (tertiary/aromatic N) is 4. The SMILES string of the molecule is O=C(O)CN(CC(=O)O)c1ccc([N+](=O)[O-])cc1OCCOc1cc([N+](=O)[O-])ccc1N(CC(=O)O)CC(=O)O. The molecule has 0 unspecified atom stereocenters. The third-order valence-electron chi connectivity index (χ3n) is 4.89. The van der Waals surface area contributed by atoms with E-state index >= 15 is 0 Å². The van der Waals surface area contributed by atoms with Crippen molar-refractivity contribution in [2.75, 3.05) is 49.2 Å². The second-order valence-electron chi connectivity index (χ2n) is 7.80. The van der Waals surface area contributed by atoms with E-state index in [2.05, 4.69) is 0 Å². The normalized spacial score (nSPS) is 10.3. The van der Waals surface area contributed by atoms with E-state index < -0.39 is 84.5 Å². The van der Waals surface area contributed by atoms with Gasteiger partial charge in [0.25, 0.3) is 11.4 Å². The Morgan fingerprint density at radius 2 is 0.925 bits per heavy atom. The number of carbonyl (C=O) groups is 4. The lowest BCUT2D eigenvalue weighted by atomic mass is 10.2. The number of ether oxygens (including phenoxy) is 2. The second-order valence-corrected chi connectivity index (χ2v) is 7.80. The third-order valence-corrected chi connectivity index (χ3v) is 4.89. The quantitative estimate of drug-likeness (QED) is 0.118. The summed E-state index contributed by atoms with van der Waals surface area (Å²) < 4.78 is 11.0. The first kappa shape index (κ1) is 30.5. The van der Waals surface area contributed by atoms with E-state index in [1.54, 1.807) is 0 Å². The molecule has 0 aromatic heterocycles. The Morgan fingerprint density at radius 1 is 0.625 bits per heavy atom. The minimum atomic E-state index is -1.39. The summed E-state index contributed by atoms with van der Waals surface area (Å²) in [4.78, 5) is 67.6. The van der Waals surface area contributed by atoms with Gasteiger partial charge in [-0.05, 0) is 12.1 Å². The molecule has 0 heterocycles. The van der Waals surface area contributed by atoms with Gasteiger partial charge in [0.1, 0.15) is 50.9 Å². The van der Waals surface area contributed by atoms with Crippen molar-refractivity contribution in [2.45, 2.75) is 0 Å². The smallest absolute Gasteiger partial charge is 0.323 e. The predicted octanol–water partition coefficient (Wildman–Crippen LogP) is 0.912. The number of hydrogen-bond acceptors (Lipinski definition) is 12. The van der Waals surface area contributed by atoms with Crippen molar-refractivity contribution in [2.24, 2.45) is 0 Å². The van der Waals surface area contributed by atoms with E-state index in [0.29, 0.717) is 0 Å². The summed E-state index contributed by atoms with van der Waals surface area (Å²) in [7, 11) is 0. The van der Waals surface area contributed by atoms with Gasteiger partial charge in [-0.25, -0.2) is 0 Å². The molecule has 0 aliphatic carbocycles. The number of rotatable bonds is 17. The van der Waals surface area contributed by atoms with Gasteiger partial charge in [0.15, 0.2) is 0 Å². The fourth-order valence-electron chi connectivity index (χ4n) is 3.40. The van der Waals surface area contributed by atoms with Crippen molar-refractivity contribution in [3.63, 3.8) is 0 Å². The summed E-state index contributed by atoms with van der Waals surface area (Å²) in [6, 6.07) is 6.12. The molecule has 2 aromatic carbocycles. The van der Waals surface area contributed by atoms with Gasteiger partial charge in [0, 0.05) is 12.1 Å². The zero-order valence-corrected chi connectivity index (χ0v) is 20.4. The van der Waals surface area contributed by atoms with E-state index in [1.807, 2.05) is 0 Å². The summed E-state index contributed by atoms with van der Waals surface area (Å²) in [6.07, 6.45) is 0. The van der Waals surface area contributed by atoms with Crippen LogP contribution >= 0.6 is 0 Å². The molecule has 0 bridgehead atoms. The molecule has 0 saturated carbocycles. The highest BCUT2D eigenvalue weighted by molar-refractivity contribution is 5.82. The molecule has 214 valence electrons. The maximum Gasteiger partial charge on any atom is 0.323 e. The molecular formula is C22H22N4O14. The van der Waals surface area contributed by atoms with Crippen molar-refractivity contribution in [1.82, 2.24) is 0 Å². The summed E-state index contributed by atoms with van der Waals surface area (Å²) in [5.74, 6) is -6.09. The standard InChI is InChI=1S/C22H22N4O14/c27-19(28)9-23(10-20(29)30)15-3-1-13(25(35)36)7-17(15)39-5-6-40-18-8-14(26(37)38)2-4-16(18)24(11-21(31)32)12-22(33)34/h1-4,7-8H,5-6,9-12H2,(H,27,28)(H,29,30)(H,31,32)(H,33,34). The molecule has 40 heavy (non-hydrogen) atoms. The Balaban J connectivity index is 2.34. The van der Waals surface area contributed by atoms with E-state index in [4.69, 9.17) is 29.9 Å². The van der Waals surface area contributed by atoms with Crippen molar-refractivity contribution in [3.05, 3.63) is 56.6 Å². The van der Waals surface area contributed by atoms with Gasteiger partial charge in [-0.15, -0.1) is 0 Å². The molecule has 18 nitrogen and oxygen atoms in total. The number of carboxylic acid groups (broad SMARTS) is 4. The molecule has 0 aliphatic heterocycles. The van der Waals surface area contributed by atoms with Gasteiger partial charge in [0.05, 0.1) is 33.4 Å². The maximum absolute atomic E-state index is 11.2. The van der Waals surface area contributed by atoms with Crippen LogP contribution in [0.15, 0.2) is 36.4 Å². The van der Waals surface area contributed by atoms with Crippen LogP contribution in [0.3, 0.4) is 0 Å². The average molecular weight is 566 g/mol. The fraction of sp³-hybridized carbons (Fsp3) is 0.273. The molecule has 0 radical (unpaired) electrons. The number of benzene rings is 2. The molecular weight excluding hydrogens is 544 g/mol. The van der Waals surface area contributed by atoms with E-state index in [0.717, 1.165) is 46.2 Å². The van der Waals surface area contributed by atoms with Gasteiger partial charge in [0.2, 0.25) is 0 Å². The number of carboxylic acids is 4. The highest BCUT2D eigenvalue weighted by Crippen LogP contribution is 2.34. The lowest BCUT2D eigenvalue weighted by Gasteiger charge is -2.24. The van der Waals surface area contributed by atoms with Crippen molar-refractivity contribution >= 4 is 46.6 Å². The first-order valence-corrected chi connectivity index (χ1v) is 11.0. The third kappa shape index (κ3) is 9.01. The van der Waals surface area contributed by atoms with Crippen LogP contribution in [0.1, 0.15) is 0 Å². The zero-order chi connectivity index (χ0) is 30.0. The molecule has 0 saturated heterocycles. The van der Waals surface area contributed by atoms with Crippen LogP contribution in [0.5, 0.6) is 11.5 Å². The Hall–Kier alpha value is -5.68. The highest BCUT2D eigenvalue weighted by atomic mass is 16.6. The fourth-order valence-corrected chi connectivity index (χ4v) is 3.40. The van der Waals surface area contributed by atoms with Crippen molar-refractivity contribution in [1.29, 1.82) is 0 Å². The predicted molar refractivity (Wildman–Crippen MR) is 132 cm³/mol. The maximum atomic E-state index is 11.2. The molecule has 18 heteroatoms. The van der Waals surface area contributed by atoms with Crippen LogP contribution in [-0.2, 0) is 19.2 Å². The van der Waals surface area contributed by atoms with Crippen molar-refractivity contribution in [3.8, 4) is 11.5 Å². The summed E-state index contributed by atoms with van der Waals surface area (Å²) >= 11 is 0. The number of non-ortho nitro benzene ring substituents is 2. The van der Waals surface area contributed by atoms with Gasteiger partial charge < -0.3 is 39.7 Å². The van der Waals surface area contributed by atoms with Crippen LogP contribution in [0.25, 0.3) is 0 Å². The summed E-state index contributed by atoms with van der Waals surface area (Å²) in [5, 5.41) is 59.0. The Kier molecular flexibility index (Phi) is 10.5. The Morgan fingerprint density at radius 3 is 1.18 bits per heavy atom. The van der Waals surface area contributed by atoms with Crippen LogP contribution < -0.4 is 19.3 Å². The van der Waals surface area contributed by atoms with Crippen molar-refractivity contribution < 1.29 is 58.9 Å².